The van der Waals surface area contributed by atoms with Gasteiger partial charge in [-0.3, -0.25) is 4.79 Å². The van der Waals surface area contributed by atoms with Crippen molar-refractivity contribution in [3.8, 4) is 0 Å². The fourth-order valence-corrected chi connectivity index (χ4v) is 8.60. The van der Waals surface area contributed by atoms with Gasteiger partial charge in [-0.1, -0.05) is 58.9 Å². The van der Waals surface area contributed by atoms with Crippen LogP contribution in [0.15, 0.2) is 24.3 Å². The Morgan fingerprint density at radius 2 is 1.81 bits per heavy atom. The SMILES string of the molecule is C=C(/C=C/[C@@H](C)[C@H]1CC[C@H]2[C@@H]3CC(=O)[C@]4(O)C[C@@H](O)C[C@H](O)[C@]4(C)[C@H]3CC[C@]12C)C(C)C. The molecule has 4 saturated carbocycles. The van der Waals surface area contributed by atoms with Crippen LogP contribution in [-0.4, -0.2) is 38.9 Å². The van der Waals surface area contributed by atoms with Crippen molar-refractivity contribution in [2.24, 2.45) is 46.3 Å². The molecule has 0 aromatic heterocycles. The number of carbonyl (C=O) groups is 1. The maximum absolute atomic E-state index is 13.4. The first-order valence-corrected chi connectivity index (χ1v) is 12.8. The number of aliphatic hydroxyl groups excluding tert-OH is 2. The van der Waals surface area contributed by atoms with Crippen LogP contribution in [0, 0.1) is 46.3 Å². The number of ketones is 1. The first-order valence-electron chi connectivity index (χ1n) is 12.8. The van der Waals surface area contributed by atoms with Gasteiger partial charge in [-0.05, 0) is 66.6 Å². The lowest BCUT2D eigenvalue weighted by molar-refractivity contribution is -0.245. The van der Waals surface area contributed by atoms with E-state index < -0.39 is 23.2 Å². The number of hydrogen-bond donors (Lipinski definition) is 3. The highest BCUT2D eigenvalue weighted by Crippen LogP contribution is 2.68. The number of rotatable bonds is 4. The van der Waals surface area contributed by atoms with E-state index in [1.165, 1.54) is 12.0 Å². The Labute approximate surface area is 194 Å². The minimum absolute atomic E-state index is 0.0642. The molecule has 4 rings (SSSR count). The van der Waals surface area contributed by atoms with Crippen LogP contribution in [0.2, 0.25) is 0 Å². The Balaban J connectivity index is 1.61. The molecule has 4 heteroatoms. The van der Waals surface area contributed by atoms with Crippen LogP contribution >= 0.6 is 0 Å². The van der Waals surface area contributed by atoms with Crippen LogP contribution in [0.25, 0.3) is 0 Å². The fraction of sp³-hybridized carbons (Fsp3) is 0.821. The Kier molecular flexibility index (Phi) is 6.09. The predicted octanol–water partition coefficient (Wildman–Crippen LogP) is 4.68. The molecule has 0 aliphatic heterocycles. The second kappa shape index (κ2) is 8.06. The molecule has 4 aliphatic carbocycles. The summed E-state index contributed by atoms with van der Waals surface area (Å²) < 4.78 is 0. The summed E-state index contributed by atoms with van der Waals surface area (Å²) >= 11 is 0. The van der Waals surface area contributed by atoms with Crippen LogP contribution in [0.5, 0.6) is 0 Å². The van der Waals surface area contributed by atoms with Crippen LogP contribution in [0.4, 0.5) is 0 Å². The average Bonchev–Trinajstić information content (AvgIpc) is 3.06. The molecule has 4 aliphatic rings. The van der Waals surface area contributed by atoms with Crippen molar-refractivity contribution < 1.29 is 20.1 Å². The summed E-state index contributed by atoms with van der Waals surface area (Å²) in [5.41, 5.74) is -1.13. The number of Topliss-reactive ketones (excluding diaryl/α,β-unsaturated/α-hetero) is 1. The molecule has 4 nitrogen and oxygen atoms in total. The Hall–Kier alpha value is -0.970. The van der Waals surface area contributed by atoms with Crippen molar-refractivity contribution in [2.45, 2.75) is 97.4 Å². The lowest BCUT2D eigenvalue weighted by Crippen LogP contribution is -2.71. The van der Waals surface area contributed by atoms with E-state index in [1.54, 1.807) is 0 Å². The molecule has 0 bridgehead atoms. The van der Waals surface area contributed by atoms with E-state index in [0.717, 1.165) is 19.3 Å². The number of hydrogen-bond acceptors (Lipinski definition) is 4. The first kappa shape index (κ1) is 24.2. The molecular formula is C28H44O4. The number of fused-ring (bicyclic) bond motifs is 5. The summed E-state index contributed by atoms with van der Waals surface area (Å²) in [7, 11) is 0. The third kappa shape index (κ3) is 3.31. The monoisotopic (exact) mass is 444 g/mol. The summed E-state index contributed by atoms with van der Waals surface area (Å²) in [6.07, 6.45) is 7.86. The Morgan fingerprint density at radius 1 is 1.12 bits per heavy atom. The van der Waals surface area contributed by atoms with Gasteiger partial charge in [0.2, 0.25) is 0 Å². The molecule has 0 amide bonds. The van der Waals surface area contributed by atoms with Crippen molar-refractivity contribution in [1.29, 1.82) is 0 Å². The van der Waals surface area contributed by atoms with Crippen molar-refractivity contribution in [2.75, 3.05) is 0 Å². The van der Waals surface area contributed by atoms with Crippen LogP contribution in [0.1, 0.15) is 79.6 Å². The molecule has 10 atom stereocenters. The van der Waals surface area contributed by atoms with Gasteiger partial charge in [-0.25, -0.2) is 0 Å². The zero-order valence-electron chi connectivity index (χ0n) is 20.7. The van der Waals surface area contributed by atoms with Gasteiger partial charge < -0.3 is 15.3 Å². The largest absolute Gasteiger partial charge is 0.393 e. The molecule has 180 valence electrons. The van der Waals surface area contributed by atoms with Gasteiger partial charge in [-0.15, -0.1) is 0 Å². The smallest absolute Gasteiger partial charge is 0.165 e. The predicted molar refractivity (Wildman–Crippen MR) is 127 cm³/mol. The van der Waals surface area contributed by atoms with Crippen LogP contribution < -0.4 is 0 Å². The van der Waals surface area contributed by atoms with Gasteiger partial charge in [0.25, 0.3) is 0 Å². The second-order valence-corrected chi connectivity index (χ2v) is 12.4. The maximum atomic E-state index is 13.4. The molecule has 0 aromatic carbocycles. The van der Waals surface area contributed by atoms with E-state index in [-0.39, 0.29) is 35.9 Å². The second-order valence-electron chi connectivity index (χ2n) is 12.4. The highest BCUT2D eigenvalue weighted by atomic mass is 16.3. The van der Waals surface area contributed by atoms with Crippen molar-refractivity contribution >= 4 is 5.78 Å². The average molecular weight is 445 g/mol. The standard InChI is InChI=1S/C28H44O4/c1-16(2)17(3)7-8-18(4)21-9-10-22-20-14-25(31)28(32)15-19(29)13-24(30)27(28,6)23(20)11-12-26(21,22)5/h7-8,16,18-24,29-30,32H,3,9-15H2,1-2,4-6H3/b8-7+/t18-,19+,20+,21-,22+,23+,24+,26-,27+,28-/m1/s1. The van der Waals surface area contributed by atoms with Gasteiger partial charge in [-0.2, -0.15) is 0 Å². The number of carbonyl (C=O) groups excluding carboxylic acids is 1. The highest BCUT2D eigenvalue weighted by Gasteiger charge is 2.70. The van der Waals surface area contributed by atoms with Gasteiger partial charge >= 0.3 is 0 Å². The fourth-order valence-electron chi connectivity index (χ4n) is 8.60. The molecule has 0 saturated heterocycles. The molecule has 0 spiro atoms. The Morgan fingerprint density at radius 3 is 2.47 bits per heavy atom. The van der Waals surface area contributed by atoms with E-state index in [0.29, 0.717) is 30.1 Å². The molecule has 0 heterocycles. The topological polar surface area (TPSA) is 77.8 Å². The number of allylic oxidation sites excluding steroid dienone is 3. The molecular weight excluding hydrogens is 400 g/mol. The van der Waals surface area contributed by atoms with Crippen molar-refractivity contribution in [3.05, 3.63) is 24.3 Å². The van der Waals surface area contributed by atoms with Gasteiger partial charge in [0.05, 0.1) is 12.2 Å². The summed E-state index contributed by atoms with van der Waals surface area (Å²) in [4.78, 5) is 13.4. The number of aliphatic hydroxyl groups is 3. The summed E-state index contributed by atoms with van der Waals surface area (Å²) in [6.45, 7) is 15.2. The van der Waals surface area contributed by atoms with Gasteiger partial charge in [0.15, 0.2) is 5.78 Å². The maximum Gasteiger partial charge on any atom is 0.165 e. The third-order valence-electron chi connectivity index (χ3n) is 10.8. The van der Waals surface area contributed by atoms with E-state index in [4.69, 9.17) is 0 Å². The van der Waals surface area contributed by atoms with Crippen molar-refractivity contribution in [1.82, 2.24) is 0 Å². The summed E-state index contributed by atoms with van der Waals surface area (Å²) in [5.74, 6) is 2.10. The summed E-state index contributed by atoms with van der Waals surface area (Å²) in [5, 5.41) is 32.8. The zero-order chi connectivity index (χ0) is 23.6. The van der Waals surface area contributed by atoms with E-state index in [2.05, 4.69) is 46.4 Å². The minimum atomic E-state index is -1.61. The lowest BCUT2D eigenvalue weighted by atomic mass is 9.42. The molecule has 3 N–H and O–H groups in total. The van der Waals surface area contributed by atoms with E-state index in [9.17, 15) is 20.1 Å². The molecule has 0 radical (unpaired) electrons. The minimum Gasteiger partial charge on any atom is -0.393 e. The van der Waals surface area contributed by atoms with Gasteiger partial charge in [0, 0.05) is 24.7 Å². The lowest BCUT2D eigenvalue weighted by Gasteiger charge is -2.64. The third-order valence-corrected chi connectivity index (χ3v) is 10.8. The molecule has 0 aromatic rings. The normalized spacial score (nSPS) is 49.6. The first-order chi connectivity index (χ1) is 14.9. The quantitative estimate of drug-likeness (QED) is 0.551. The van der Waals surface area contributed by atoms with Crippen molar-refractivity contribution in [3.63, 3.8) is 0 Å². The van der Waals surface area contributed by atoms with E-state index in [1.807, 2.05) is 6.92 Å². The molecule has 4 fully saturated rings. The molecule has 0 unspecified atom stereocenters. The highest BCUT2D eigenvalue weighted by molar-refractivity contribution is 5.90. The van der Waals surface area contributed by atoms with Crippen LogP contribution in [-0.2, 0) is 4.79 Å². The molecule has 32 heavy (non-hydrogen) atoms. The van der Waals surface area contributed by atoms with Gasteiger partial charge in [0.1, 0.15) is 5.60 Å². The van der Waals surface area contributed by atoms with Crippen LogP contribution in [0.3, 0.4) is 0 Å². The Bertz CT molecular complexity index is 801. The summed E-state index contributed by atoms with van der Waals surface area (Å²) in [6, 6.07) is 0. The zero-order valence-corrected chi connectivity index (χ0v) is 20.7. The van der Waals surface area contributed by atoms with E-state index >= 15 is 0 Å².